The molecule has 0 aromatic rings. The maximum Gasteiger partial charge on any atom is 0.140 e. The van der Waals surface area contributed by atoms with Gasteiger partial charge in [0.25, 0.3) is 0 Å². The molecule has 0 aromatic heterocycles. The number of aliphatic imine (C=N–C) groups is 1. The smallest absolute Gasteiger partial charge is 0.140 e. The molecule has 0 radical (unpaired) electrons. The molecule has 5 atom stereocenters. The summed E-state index contributed by atoms with van der Waals surface area (Å²) >= 11 is 0. The van der Waals surface area contributed by atoms with E-state index < -0.39 is 13.0 Å². The first-order valence-corrected chi connectivity index (χ1v) is 10.7. The third-order valence-electron chi connectivity index (χ3n) is 4.20. The van der Waals surface area contributed by atoms with Crippen molar-refractivity contribution in [2.24, 2.45) is 22.6 Å². The molecule has 3 N–H and O–H groups in total. The zero-order valence-corrected chi connectivity index (χ0v) is 14.8. The number of hydrogen-bond donors (Lipinski definition) is 2. The fourth-order valence-electron chi connectivity index (χ4n) is 3.22. The molecule has 0 aliphatic carbocycles. The first-order chi connectivity index (χ1) is 10.1. The molecule has 6 heteroatoms. The van der Waals surface area contributed by atoms with Crippen molar-refractivity contribution in [1.29, 1.82) is 0 Å². The molecule has 0 amide bonds. The van der Waals surface area contributed by atoms with Gasteiger partial charge in [-0.05, 0) is 31.5 Å². The summed E-state index contributed by atoms with van der Waals surface area (Å²) in [6, 6.07) is 0. The molecule has 1 unspecified atom stereocenters. The topological polar surface area (TPSA) is 71.1 Å². The number of aliphatic hydroxyl groups is 1. The second-order valence-electron chi connectivity index (χ2n) is 7.11. The van der Waals surface area contributed by atoms with Gasteiger partial charge in [0.1, 0.15) is 17.9 Å². The lowest BCUT2D eigenvalue weighted by molar-refractivity contribution is -0.0569. The lowest BCUT2D eigenvalue weighted by atomic mass is 9.95. The summed E-state index contributed by atoms with van der Waals surface area (Å²) in [7, 11) is 0. The van der Waals surface area contributed by atoms with Crippen LogP contribution in [0.2, 0.25) is 0 Å². The molecule has 22 heavy (non-hydrogen) atoms. The molecule has 5 nitrogen and oxygen atoms in total. The predicted octanol–water partition coefficient (Wildman–Crippen LogP) is 1.71. The number of nitrogens with zero attached hydrogens (tertiary/aromatic N) is 2. The Balaban J connectivity index is 2.12. The van der Waals surface area contributed by atoms with E-state index in [4.69, 9.17) is 10.5 Å². The normalized spacial score (nSPS) is 34.0. The summed E-state index contributed by atoms with van der Waals surface area (Å²) < 4.78 is 6.18. The second-order valence-corrected chi connectivity index (χ2v) is 11.3. The predicted molar refractivity (Wildman–Crippen MR) is 95.5 cm³/mol. The number of aliphatic hydroxyl groups excluding tert-OH is 1. The highest BCUT2D eigenvalue weighted by Crippen LogP contribution is 2.42. The van der Waals surface area contributed by atoms with E-state index in [0.29, 0.717) is 11.7 Å². The standard InChI is InChI=1S/C16H28N3O2P/c1-10(9-22(4,5)6)15-14(20)11(2)16(21-15)19-8-7-13(17)18-12(19)3/h7-8,10-11,14-16,20H,3-4,9H2,1-2,5-6H3,(H2,17,18)/t10?,11-,14+,15-,16-/m1/s1. The van der Waals surface area contributed by atoms with Crippen LogP contribution in [0.3, 0.4) is 0 Å². The summed E-state index contributed by atoms with van der Waals surface area (Å²) in [6.07, 6.45) is 7.84. The minimum absolute atomic E-state index is 0.0327. The fraction of sp³-hybridized carbons (Fsp3) is 0.625. The monoisotopic (exact) mass is 325 g/mol. The van der Waals surface area contributed by atoms with Crippen molar-refractivity contribution in [1.82, 2.24) is 4.90 Å². The highest BCUT2D eigenvalue weighted by Gasteiger charge is 2.46. The molecule has 0 bridgehead atoms. The van der Waals surface area contributed by atoms with Crippen molar-refractivity contribution >= 4 is 19.0 Å². The molecule has 2 aliphatic rings. The zero-order valence-electron chi connectivity index (χ0n) is 13.9. The van der Waals surface area contributed by atoms with Crippen molar-refractivity contribution in [2.45, 2.75) is 32.3 Å². The van der Waals surface area contributed by atoms with Crippen molar-refractivity contribution in [3.05, 3.63) is 24.7 Å². The van der Waals surface area contributed by atoms with E-state index in [1.54, 1.807) is 6.08 Å². The molecular formula is C16H28N3O2P. The molecule has 1 saturated heterocycles. The van der Waals surface area contributed by atoms with Crippen molar-refractivity contribution in [3.8, 4) is 0 Å². The van der Waals surface area contributed by atoms with Gasteiger partial charge in [-0.2, -0.15) is 0 Å². The van der Waals surface area contributed by atoms with Crippen molar-refractivity contribution in [2.75, 3.05) is 19.5 Å². The van der Waals surface area contributed by atoms with Crippen LogP contribution in [0.4, 0.5) is 0 Å². The second kappa shape index (κ2) is 6.23. The molecule has 2 heterocycles. The average Bonchev–Trinajstić information content (AvgIpc) is 2.65. The minimum Gasteiger partial charge on any atom is -0.390 e. The minimum atomic E-state index is -1.17. The molecule has 2 rings (SSSR count). The Morgan fingerprint density at radius 3 is 2.73 bits per heavy atom. The quantitative estimate of drug-likeness (QED) is 0.772. The maximum atomic E-state index is 10.6. The van der Waals surface area contributed by atoms with Gasteiger partial charge >= 0.3 is 0 Å². The van der Waals surface area contributed by atoms with Gasteiger partial charge in [0, 0.05) is 12.1 Å². The van der Waals surface area contributed by atoms with E-state index in [1.165, 1.54) is 0 Å². The Hall–Kier alpha value is -1.03. The van der Waals surface area contributed by atoms with Crippen LogP contribution >= 0.6 is 6.89 Å². The van der Waals surface area contributed by atoms with Gasteiger partial charge in [-0.15, -0.1) is 13.2 Å². The molecule has 0 spiro atoms. The molecule has 124 valence electrons. The highest BCUT2D eigenvalue weighted by atomic mass is 31.2. The maximum absolute atomic E-state index is 10.6. The van der Waals surface area contributed by atoms with Gasteiger partial charge in [-0.3, -0.25) is 0 Å². The molecule has 1 fully saturated rings. The van der Waals surface area contributed by atoms with Crippen LogP contribution in [0.25, 0.3) is 0 Å². The Morgan fingerprint density at radius 1 is 1.55 bits per heavy atom. The number of nitrogens with two attached hydrogens (primary N) is 1. The van der Waals surface area contributed by atoms with Gasteiger partial charge in [0.2, 0.25) is 0 Å². The van der Waals surface area contributed by atoms with Gasteiger partial charge in [0.15, 0.2) is 0 Å². The van der Waals surface area contributed by atoms with Gasteiger partial charge in [-0.1, -0.05) is 20.4 Å². The van der Waals surface area contributed by atoms with Crippen molar-refractivity contribution < 1.29 is 9.84 Å². The summed E-state index contributed by atoms with van der Waals surface area (Å²) in [5.41, 5.74) is 5.68. The van der Waals surface area contributed by atoms with E-state index in [1.807, 2.05) is 18.0 Å². The SMILES string of the molecule is C=C1N=C(N)C=CN1[C@@H]1O[C@H](C(C)CP(=C)(C)C)[C@@H](O)[C@H]1C. The van der Waals surface area contributed by atoms with Crippen LogP contribution in [0.15, 0.2) is 29.7 Å². The van der Waals surface area contributed by atoms with Crippen LogP contribution in [-0.4, -0.2) is 60.1 Å². The van der Waals surface area contributed by atoms with Crippen LogP contribution in [-0.2, 0) is 4.74 Å². The molecule has 0 aromatic carbocycles. The lowest BCUT2D eigenvalue weighted by Crippen LogP contribution is -2.37. The Bertz CT molecular complexity index is 552. The first-order valence-electron chi connectivity index (χ1n) is 7.60. The largest absolute Gasteiger partial charge is 0.390 e. The summed E-state index contributed by atoms with van der Waals surface area (Å²) in [6.45, 7) is 11.3. The summed E-state index contributed by atoms with van der Waals surface area (Å²) in [5.74, 6) is 1.21. The van der Waals surface area contributed by atoms with Crippen molar-refractivity contribution in [3.63, 3.8) is 0 Å². The molecule has 2 aliphatic heterocycles. The van der Waals surface area contributed by atoms with Crippen LogP contribution in [0.5, 0.6) is 0 Å². The Morgan fingerprint density at radius 2 is 2.18 bits per heavy atom. The Kier molecular flexibility index (Phi) is 4.90. The number of amidine groups is 1. The third kappa shape index (κ3) is 3.65. The zero-order chi connectivity index (χ0) is 16.7. The van der Waals surface area contributed by atoms with E-state index in [9.17, 15) is 5.11 Å². The fourth-order valence-corrected chi connectivity index (χ4v) is 4.99. The third-order valence-corrected chi connectivity index (χ3v) is 5.77. The number of rotatable bonds is 4. The van der Waals surface area contributed by atoms with E-state index in [2.05, 4.69) is 38.1 Å². The Labute approximate surface area is 133 Å². The highest BCUT2D eigenvalue weighted by molar-refractivity contribution is 7.72. The van der Waals surface area contributed by atoms with Crippen LogP contribution in [0, 0.1) is 11.8 Å². The van der Waals surface area contributed by atoms with Gasteiger partial charge < -0.3 is 20.5 Å². The summed E-state index contributed by atoms with van der Waals surface area (Å²) in [5, 5.41) is 10.6. The van der Waals surface area contributed by atoms with Crippen LogP contribution < -0.4 is 5.73 Å². The van der Waals surface area contributed by atoms with Crippen LogP contribution in [0.1, 0.15) is 13.8 Å². The van der Waals surface area contributed by atoms with Gasteiger partial charge in [-0.25, -0.2) is 4.99 Å². The average molecular weight is 325 g/mol. The molecular weight excluding hydrogens is 297 g/mol. The van der Waals surface area contributed by atoms with Gasteiger partial charge in [0.05, 0.1) is 12.2 Å². The summed E-state index contributed by atoms with van der Waals surface area (Å²) in [4.78, 5) is 6.02. The first kappa shape index (κ1) is 17.3. The lowest BCUT2D eigenvalue weighted by Gasteiger charge is -2.31. The number of ether oxygens (including phenoxy) is 1. The molecule has 0 saturated carbocycles. The number of hydrogen-bond acceptors (Lipinski definition) is 5. The van der Waals surface area contributed by atoms with E-state index in [0.717, 1.165) is 6.16 Å². The van der Waals surface area contributed by atoms with E-state index in [-0.39, 0.29) is 24.2 Å². The van der Waals surface area contributed by atoms with E-state index >= 15 is 0 Å².